The molecule has 0 N–H and O–H groups in total. The predicted molar refractivity (Wildman–Crippen MR) is 67.2 cm³/mol. The van der Waals surface area contributed by atoms with Crippen molar-refractivity contribution < 1.29 is 14.0 Å². The highest BCUT2D eigenvalue weighted by molar-refractivity contribution is 7.25. The van der Waals surface area contributed by atoms with Gasteiger partial charge in [-0.1, -0.05) is 0 Å². The molecule has 0 bridgehead atoms. The van der Waals surface area contributed by atoms with Crippen LogP contribution in [0.5, 0.6) is 0 Å². The van der Waals surface area contributed by atoms with E-state index >= 15 is 0 Å². The smallest absolute Gasteiger partial charge is 0.190 e. The number of hydrogen-bond donors (Lipinski definition) is 0. The quantitative estimate of drug-likeness (QED) is 0.666. The van der Waals surface area contributed by atoms with E-state index < -0.39 is 5.34 Å². The summed E-state index contributed by atoms with van der Waals surface area (Å²) in [7, 11) is 0.00955. The van der Waals surface area contributed by atoms with Gasteiger partial charge in [0.2, 0.25) is 0 Å². The van der Waals surface area contributed by atoms with Crippen LogP contribution < -0.4 is 0 Å². The molecule has 0 fully saturated rings. The SMILES string of the molecule is CC(C)(C)OCCC(C)(C)OC(C)(C)P=O. The van der Waals surface area contributed by atoms with Crippen LogP contribution in [0.4, 0.5) is 0 Å². The van der Waals surface area contributed by atoms with Gasteiger partial charge in [-0.15, -0.1) is 0 Å². The molecule has 0 radical (unpaired) electrons. The van der Waals surface area contributed by atoms with Crippen LogP contribution >= 0.6 is 8.46 Å². The van der Waals surface area contributed by atoms with E-state index in [0.717, 1.165) is 6.42 Å². The first-order chi connectivity index (χ1) is 6.97. The molecular formula is C12H25O3P. The van der Waals surface area contributed by atoms with E-state index in [2.05, 4.69) is 0 Å². The third-order valence-corrected chi connectivity index (χ3v) is 2.52. The van der Waals surface area contributed by atoms with Gasteiger partial charge >= 0.3 is 0 Å². The molecule has 0 aromatic carbocycles. The molecule has 0 saturated carbocycles. The molecule has 0 amide bonds. The van der Waals surface area contributed by atoms with Gasteiger partial charge in [0.25, 0.3) is 0 Å². The van der Waals surface area contributed by atoms with Crippen molar-refractivity contribution in [1.29, 1.82) is 0 Å². The second-order valence-electron chi connectivity index (χ2n) is 6.11. The van der Waals surface area contributed by atoms with E-state index in [-0.39, 0.29) is 19.7 Å². The van der Waals surface area contributed by atoms with Crippen molar-refractivity contribution in [2.75, 3.05) is 6.61 Å². The molecule has 96 valence electrons. The van der Waals surface area contributed by atoms with Crippen LogP contribution in [-0.4, -0.2) is 23.2 Å². The summed E-state index contributed by atoms with van der Waals surface area (Å²) >= 11 is 0. The molecular weight excluding hydrogens is 223 g/mol. The van der Waals surface area contributed by atoms with Gasteiger partial charge in [-0.2, -0.15) is 0 Å². The Kier molecular flexibility index (Phi) is 5.58. The van der Waals surface area contributed by atoms with Gasteiger partial charge in [-0.3, -0.25) is 4.57 Å². The summed E-state index contributed by atoms with van der Waals surface area (Å²) < 4.78 is 22.3. The zero-order valence-electron chi connectivity index (χ0n) is 11.6. The molecule has 0 rings (SSSR count). The Bertz CT molecular complexity index is 229. The standard InChI is InChI=1S/C12H25O3P/c1-10(2,3)14-9-8-11(4,5)15-12(6,7)16-13/h8-9H2,1-7H3. The Morgan fingerprint density at radius 2 is 1.50 bits per heavy atom. The minimum absolute atomic E-state index is 0.00955. The van der Waals surface area contributed by atoms with Crippen molar-refractivity contribution in [2.24, 2.45) is 0 Å². The third kappa shape index (κ3) is 8.20. The number of hydrogen-bond acceptors (Lipinski definition) is 3. The molecule has 0 spiro atoms. The second kappa shape index (κ2) is 5.57. The van der Waals surface area contributed by atoms with Gasteiger partial charge in [-0.25, -0.2) is 0 Å². The third-order valence-electron chi connectivity index (χ3n) is 1.99. The van der Waals surface area contributed by atoms with Crippen LogP contribution in [0.2, 0.25) is 0 Å². The fourth-order valence-corrected chi connectivity index (χ4v) is 1.63. The normalized spacial score (nSPS) is 14.4. The molecule has 3 nitrogen and oxygen atoms in total. The van der Waals surface area contributed by atoms with Gasteiger partial charge in [0.05, 0.1) is 11.2 Å². The van der Waals surface area contributed by atoms with Gasteiger partial charge in [-0.05, 0) is 54.9 Å². The first-order valence-corrected chi connectivity index (χ1v) is 6.47. The number of rotatable bonds is 6. The van der Waals surface area contributed by atoms with Crippen molar-refractivity contribution >= 4 is 8.46 Å². The van der Waals surface area contributed by atoms with Crippen LogP contribution in [0, 0.1) is 0 Å². The van der Waals surface area contributed by atoms with Crippen molar-refractivity contribution in [2.45, 2.75) is 71.4 Å². The predicted octanol–water partition coefficient (Wildman–Crippen LogP) is 4.01. The van der Waals surface area contributed by atoms with Crippen LogP contribution in [0.1, 0.15) is 54.9 Å². The van der Waals surface area contributed by atoms with Crippen molar-refractivity contribution in [1.82, 2.24) is 0 Å². The Balaban J connectivity index is 4.11. The Morgan fingerprint density at radius 1 is 1.00 bits per heavy atom. The van der Waals surface area contributed by atoms with E-state index in [1.165, 1.54) is 0 Å². The van der Waals surface area contributed by atoms with E-state index in [4.69, 9.17) is 9.47 Å². The molecule has 0 saturated heterocycles. The van der Waals surface area contributed by atoms with Crippen molar-refractivity contribution in [3.63, 3.8) is 0 Å². The molecule has 0 aliphatic carbocycles. The minimum atomic E-state index is -0.634. The minimum Gasteiger partial charge on any atom is -0.376 e. The van der Waals surface area contributed by atoms with Crippen molar-refractivity contribution in [3.8, 4) is 0 Å². The van der Waals surface area contributed by atoms with E-state index in [1.807, 2.05) is 48.5 Å². The molecule has 0 atom stereocenters. The summed E-state index contributed by atoms with van der Waals surface area (Å²) in [6, 6.07) is 0. The first kappa shape index (κ1) is 16.0. The Labute approximate surface area is 101 Å². The summed E-state index contributed by atoms with van der Waals surface area (Å²) in [6.07, 6.45) is 0.781. The summed E-state index contributed by atoms with van der Waals surface area (Å²) in [4.78, 5) is 0. The van der Waals surface area contributed by atoms with Crippen LogP contribution in [0.15, 0.2) is 0 Å². The molecule has 16 heavy (non-hydrogen) atoms. The molecule has 0 aliphatic rings. The topological polar surface area (TPSA) is 35.5 Å². The van der Waals surface area contributed by atoms with E-state index in [9.17, 15) is 4.57 Å². The molecule has 0 aromatic rings. The Hall–Kier alpha value is 0.0200. The summed E-state index contributed by atoms with van der Waals surface area (Å²) in [6.45, 7) is 14.3. The molecule has 0 heterocycles. The lowest BCUT2D eigenvalue weighted by Crippen LogP contribution is -2.35. The zero-order valence-corrected chi connectivity index (χ0v) is 12.5. The van der Waals surface area contributed by atoms with E-state index in [0.29, 0.717) is 6.61 Å². The average Bonchev–Trinajstić information content (AvgIpc) is 1.99. The summed E-state index contributed by atoms with van der Waals surface area (Å²) in [5.74, 6) is 0. The molecule has 0 unspecified atom stereocenters. The number of ether oxygens (including phenoxy) is 2. The second-order valence-corrected chi connectivity index (χ2v) is 7.37. The van der Waals surface area contributed by atoms with Crippen LogP contribution in [0.3, 0.4) is 0 Å². The first-order valence-electron chi connectivity index (χ1n) is 5.66. The fourth-order valence-electron chi connectivity index (χ4n) is 1.35. The highest BCUT2D eigenvalue weighted by Gasteiger charge is 2.30. The van der Waals surface area contributed by atoms with Crippen LogP contribution in [-0.2, 0) is 14.0 Å². The lowest BCUT2D eigenvalue weighted by atomic mass is 10.1. The van der Waals surface area contributed by atoms with Gasteiger partial charge in [0.15, 0.2) is 8.46 Å². The van der Waals surface area contributed by atoms with Crippen molar-refractivity contribution in [3.05, 3.63) is 0 Å². The lowest BCUT2D eigenvalue weighted by Gasteiger charge is -2.33. The maximum Gasteiger partial charge on any atom is 0.190 e. The summed E-state index contributed by atoms with van der Waals surface area (Å²) in [5.41, 5.74) is -0.450. The lowest BCUT2D eigenvalue weighted by molar-refractivity contribution is -0.103. The Morgan fingerprint density at radius 3 is 1.88 bits per heavy atom. The monoisotopic (exact) mass is 248 g/mol. The summed E-state index contributed by atoms with van der Waals surface area (Å²) in [5, 5.41) is -0.634. The average molecular weight is 248 g/mol. The fraction of sp³-hybridized carbons (Fsp3) is 1.00. The largest absolute Gasteiger partial charge is 0.376 e. The highest BCUT2D eigenvalue weighted by Crippen LogP contribution is 2.31. The maximum absolute atomic E-state index is 10.9. The van der Waals surface area contributed by atoms with Crippen LogP contribution in [0.25, 0.3) is 0 Å². The van der Waals surface area contributed by atoms with Gasteiger partial charge in [0.1, 0.15) is 5.34 Å². The highest BCUT2D eigenvalue weighted by atomic mass is 31.1. The van der Waals surface area contributed by atoms with Gasteiger partial charge in [0, 0.05) is 6.61 Å². The molecule has 0 aromatic heterocycles. The zero-order chi connectivity index (χ0) is 13.0. The van der Waals surface area contributed by atoms with E-state index in [1.54, 1.807) is 0 Å². The molecule has 4 heteroatoms. The maximum atomic E-state index is 10.9. The molecule has 0 aliphatic heterocycles. The van der Waals surface area contributed by atoms with Gasteiger partial charge < -0.3 is 9.47 Å².